The topological polar surface area (TPSA) is 54.7 Å². The molecule has 0 aliphatic carbocycles. The fourth-order valence-electron chi connectivity index (χ4n) is 0.799. The van der Waals surface area contributed by atoms with Crippen LogP contribution < -0.4 is 10.9 Å². The molecule has 0 saturated heterocycles. The summed E-state index contributed by atoms with van der Waals surface area (Å²) in [7, 11) is 0. The van der Waals surface area contributed by atoms with Crippen molar-refractivity contribution in [2.75, 3.05) is 0 Å². The van der Waals surface area contributed by atoms with E-state index in [0.29, 0.717) is 22.1 Å². The van der Waals surface area contributed by atoms with E-state index in [-0.39, 0.29) is 0 Å². The van der Waals surface area contributed by atoms with Gasteiger partial charge in [-0.05, 0) is 6.58 Å². The number of hydrogen-bond acceptors (Lipinski definition) is 3. The van der Waals surface area contributed by atoms with Crippen LogP contribution >= 0.6 is 0 Å². The molecule has 2 heterocycles. The number of aromatic amines is 1. The summed E-state index contributed by atoms with van der Waals surface area (Å²) in [6.45, 7) is 7.17. The molecule has 0 aliphatic heterocycles. The maximum atomic E-state index is 4.98. The molecule has 0 aliphatic rings. The van der Waals surface area contributed by atoms with Crippen molar-refractivity contribution >= 4 is 24.4 Å². The number of H-pyrrole nitrogens is 1. The molecule has 0 spiro atoms. The molecular weight excluding hydrogens is 130 g/mol. The Bertz CT molecular complexity index is 453. The van der Waals surface area contributed by atoms with Crippen molar-refractivity contribution in [2.24, 2.45) is 0 Å². The molecule has 50 valence electrons. The molecule has 0 aromatic carbocycles. The SMILES string of the molecule is C=c1nc2c(=C)[nH]nc2o1. The van der Waals surface area contributed by atoms with Gasteiger partial charge in [0.05, 0.1) is 5.35 Å². The molecule has 0 fully saturated rings. The van der Waals surface area contributed by atoms with Crippen molar-refractivity contribution < 1.29 is 4.42 Å². The Hall–Kier alpha value is -1.58. The largest absolute Gasteiger partial charge is 0.418 e. The van der Waals surface area contributed by atoms with Crippen LogP contribution in [0.4, 0.5) is 0 Å². The van der Waals surface area contributed by atoms with Crippen molar-refractivity contribution in [1.82, 2.24) is 15.2 Å². The first-order valence-electron chi connectivity index (χ1n) is 2.76. The van der Waals surface area contributed by atoms with Crippen LogP contribution in [0.5, 0.6) is 0 Å². The van der Waals surface area contributed by atoms with E-state index < -0.39 is 0 Å². The molecule has 2 aromatic heterocycles. The fourth-order valence-corrected chi connectivity index (χ4v) is 0.799. The monoisotopic (exact) mass is 135 g/mol. The third-order valence-corrected chi connectivity index (χ3v) is 1.23. The highest BCUT2D eigenvalue weighted by molar-refractivity contribution is 5.66. The molecule has 0 unspecified atom stereocenters. The molecular formula is C6H5N3O. The molecule has 4 nitrogen and oxygen atoms in total. The van der Waals surface area contributed by atoms with Gasteiger partial charge in [-0.2, -0.15) is 0 Å². The zero-order valence-corrected chi connectivity index (χ0v) is 5.22. The number of nitrogens with zero attached hydrogens (tertiary/aromatic N) is 2. The van der Waals surface area contributed by atoms with Gasteiger partial charge in [-0.15, -0.1) is 5.10 Å². The lowest BCUT2D eigenvalue weighted by Crippen LogP contribution is -2.02. The third kappa shape index (κ3) is 0.500. The minimum atomic E-state index is 0.372. The molecule has 10 heavy (non-hydrogen) atoms. The first-order valence-corrected chi connectivity index (χ1v) is 2.76. The van der Waals surface area contributed by atoms with E-state index in [9.17, 15) is 0 Å². The summed E-state index contributed by atoms with van der Waals surface area (Å²) in [5.41, 5.74) is 1.50. The second-order valence-electron chi connectivity index (χ2n) is 1.96. The van der Waals surface area contributed by atoms with Gasteiger partial charge in [0, 0.05) is 0 Å². The number of oxazole rings is 1. The van der Waals surface area contributed by atoms with E-state index in [1.165, 1.54) is 0 Å². The highest BCUT2D eigenvalue weighted by Crippen LogP contribution is 1.95. The van der Waals surface area contributed by atoms with Crippen LogP contribution in [0.3, 0.4) is 0 Å². The summed E-state index contributed by atoms with van der Waals surface area (Å²) in [6.07, 6.45) is 0. The van der Waals surface area contributed by atoms with E-state index >= 15 is 0 Å². The maximum Gasteiger partial charge on any atom is 0.266 e. The number of hydrogen-bond donors (Lipinski definition) is 1. The van der Waals surface area contributed by atoms with Crippen LogP contribution in [-0.4, -0.2) is 15.2 Å². The molecule has 4 heteroatoms. The van der Waals surface area contributed by atoms with Gasteiger partial charge in [0.2, 0.25) is 5.55 Å². The Balaban J connectivity index is 3.18. The first kappa shape index (κ1) is 5.22. The van der Waals surface area contributed by atoms with Crippen molar-refractivity contribution in [2.45, 2.75) is 0 Å². The Labute approximate surface area is 55.9 Å². The quantitative estimate of drug-likeness (QED) is 0.523. The van der Waals surface area contributed by atoms with E-state index in [2.05, 4.69) is 28.3 Å². The van der Waals surface area contributed by atoms with Crippen LogP contribution in [-0.2, 0) is 0 Å². The summed E-state index contributed by atoms with van der Waals surface area (Å²) in [6, 6.07) is 0. The highest BCUT2D eigenvalue weighted by atomic mass is 16.3. The predicted molar refractivity (Wildman–Crippen MR) is 36.4 cm³/mol. The van der Waals surface area contributed by atoms with Crippen LogP contribution in [0.2, 0.25) is 0 Å². The lowest BCUT2D eigenvalue weighted by atomic mass is 10.5. The van der Waals surface area contributed by atoms with Crippen LogP contribution in [0.1, 0.15) is 0 Å². The van der Waals surface area contributed by atoms with Gasteiger partial charge in [0.25, 0.3) is 5.71 Å². The van der Waals surface area contributed by atoms with Crippen molar-refractivity contribution in [3.8, 4) is 0 Å². The van der Waals surface area contributed by atoms with Crippen molar-refractivity contribution in [3.63, 3.8) is 0 Å². The first-order chi connectivity index (χ1) is 4.77. The molecule has 0 bridgehead atoms. The van der Waals surface area contributed by atoms with Gasteiger partial charge >= 0.3 is 0 Å². The lowest BCUT2D eigenvalue weighted by Gasteiger charge is -1.66. The molecule has 1 N–H and O–H groups in total. The van der Waals surface area contributed by atoms with E-state index in [4.69, 9.17) is 4.42 Å². The van der Waals surface area contributed by atoms with Crippen LogP contribution in [0.15, 0.2) is 4.42 Å². The van der Waals surface area contributed by atoms with Gasteiger partial charge < -0.3 is 4.42 Å². The molecule has 0 atom stereocenters. The van der Waals surface area contributed by atoms with Gasteiger partial charge in [-0.1, -0.05) is 6.58 Å². The molecule has 0 saturated carbocycles. The summed E-state index contributed by atoms with van der Waals surface area (Å²) < 4.78 is 4.98. The smallest absolute Gasteiger partial charge is 0.266 e. The molecule has 0 radical (unpaired) electrons. The van der Waals surface area contributed by atoms with Crippen molar-refractivity contribution in [1.29, 1.82) is 0 Å². The Morgan fingerprint density at radius 3 is 2.90 bits per heavy atom. The number of fused-ring (bicyclic) bond motifs is 1. The summed E-state index contributed by atoms with van der Waals surface area (Å²) in [4.78, 5) is 3.94. The summed E-state index contributed by atoms with van der Waals surface area (Å²) >= 11 is 0. The number of rotatable bonds is 0. The second kappa shape index (κ2) is 1.47. The summed E-state index contributed by atoms with van der Waals surface area (Å²) in [5.74, 6) is 0. The standard InChI is InChI=1S/C6H5N3O/c1-3-5-6(9-8-3)10-4(2)7-5/h8H,1-2H2. The van der Waals surface area contributed by atoms with Gasteiger partial charge in [0.1, 0.15) is 0 Å². The number of nitrogens with one attached hydrogen (secondary N) is 1. The molecule has 2 rings (SSSR count). The highest BCUT2D eigenvalue weighted by Gasteiger charge is 2.01. The van der Waals surface area contributed by atoms with E-state index in [1.54, 1.807) is 0 Å². The summed E-state index contributed by atoms with van der Waals surface area (Å²) in [5, 5.41) is 7.08. The van der Waals surface area contributed by atoms with Crippen LogP contribution in [0.25, 0.3) is 24.4 Å². The average Bonchev–Trinajstić information content (AvgIpc) is 2.35. The minimum Gasteiger partial charge on any atom is -0.418 e. The lowest BCUT2D eigenvalue weighted by molar-refractivity contribution is 0.549. The number of aromatic nitrogens is 3. The van der Waals surface area contributed by atoms with E-state index in [1.807, 2.05) is 0 Å². The average molecular weight is 135 g/mol. The fraction of sp³-hybridized carbons (Fsp3) is 0. The van der Waals surface area contributed by atoms with E-state index in [0.717, 1.165) is 0 Å². The molecule has 2 aromatic rings. The second-order valence-corrected chi connectivity index (χ2v) is 1.96. The van der Waals surface area contributed by atoms with Gasteiger partial charge in [0.15, 0.2) is 5.52 Å². The minimum absolute atomic E-state index is 0.372. The normalized spacial score (nSPS) is 10.8. The van der Waals surface area contributed by atoms with Gasteiger partial charge in [-0.3, -0.25) is 5.10 Å². The Morgan fingerprint density at radius 1 is 1.40 bits per heavy atom. The van der Waals surface area contributed by atoms with Gasteiger partial charge in [-0.25, -0.2) is 4.98 Å². The third-order valence-electron chi connectivity index (χ3n) is 1.23. The molecule has 0 amide bonds. The zero-order chi connectivity index (χ0) is 7.14. The predicted octanol–water partition coefficient (Wildman–Crippen LogP) is -0.629. The Kier molecular flexibility index (Phi) is 0.768. The zero-order valence-electron chi connectivity index (χ0n) is 5.22. The van der Waals surface area contributed by atoms with Crippen molar-refractivity contribution in [3.05, 3.63) is 10.9 Å². The maximum absolute atomic E-state index is 4.98. The Morgan fingerprint density at radius 2 is 2.20 bits per heavy atom. The van der Waals surface area contributed by atoms with Crippen LogP contribution in [0, 0.1) is 0 Å².